The van der Waals surface area contributed by atoms with Crippen molar-refractivity contribution in [3.63, 3.8) is 0 Å². The summed E-state index contributed by atoms with van der Waals surface area (Å²) in [7, 11) is -3.78. The Kier molecular flexibility index (Phi) is 4.92. The van der Waals surface area contributed by atoms with Gasteiger partial charge in [-0.15, -0.1) is 11.8 Å². The fourth-order valence-electron chi connectivity index (χ4n) is 0.556. The van der Waals surface area contributed by atoms with E-state index in [0.29, 0.717) is 12.8 Å². The van der Waals surface area contributed by atoms with Crippen molar-refractivity contribution in [2.24, 2.45) is 0 Å². The van der Waals surface area contributed by atoms with E-state index in [1.54, 1.807) is 0 Å². The van der Waals surface area contributed by atoms with Gasteiger partial charge in [0.05, 0.1) is 5.75 Å². The Morgan fingerprint density at radius 1 is 1.36 bits per heavy atom. The monoisotopic (exact) mass is 176 g/mol. The molecule has 0 unspecified atom stereocenters. The first-order chi connectivity index (χ1) is 5.06. The molecule has 0 radical (unpaired) electrons. The molecule has 0 bridgehead atoms. The van der Waals surface area contributed by atoms with Crippen LogP contribution in [0.5, 0.6) is 0 Å². The van der Waals surface area contributed by atoms with Gasteiger partial charge in [-0.05, 0) is 6.42 Å². The largest absolute Gasteiger partial charge is 0.286 e. The Labute approximate surface area is 67.6 Å². The Bertz CT molecular complexity index is 243. The Morgan fingerprint density at radius 3 is 2.45 bits per heavy atom. The van der Waals surface area contributed by atoms with Gasteiger partial charge in [-0.25, -0.2) is 0 Å². The standard InChI is InChI=1S/C7H12O3S/c1-2-3-4-5-6-7-11(8,9)10/h2,5-7H2,1H3,(H,8,9,10). The van der Waals surface area contributed by atoms with E-state index in [0.717, 1.165) is 6.42 Å². The molecular weight excluding hydrogens is 164 g/mol. The summed E-state index contributed by atoms with van der Waals surface area (Å²) in [5, 5.41) is 0. The van der Waals surface area contributed by atoms with E-state index in [1.165, 1.54) is 0 Å². The van der Waals surface area contributed by atoms with Crippen molar-refractivity contribution in [2.75, 3.05) is 5.75 Å². The topological polar surface area (TPSA) is 54.4 Å². The lowest BCUT2D eigenvalue weighted by atomic mass is 10.3. The molecule has 0 heterocycles. The summed E-state index contributed by atoms with van der Waals surface area (Å²) in [6.45, 7) is 1.93. The molecule has 0 aromatic carbocycles. The van der Waals surface area contributed by atoms with Crippen LogP contribution < -0.4 is 0 Å². The predicted molar refractivity (Wildman–Crippen MR) is 43.7 cm³/mol. The highest BCUT2D eigenvalue weighted by Gasteiger charge is 2.01. The maximum atomic E-state index is 10.2. The molecule has 0 rings (SSSR count). The Hall–Kier alpha value is -0.530. The number of hydrogen-bond acceptors (Lipinski definition) is 2. The van der Waals surface area contributed by atoms with Crippen molar-refractivity contribution < 1.29 is 13.0 Å². The lowest BCUT2D eigenvalue weighted by Gasteiger charge is -1.90. The fraction of sp³-hybridized carbons (Fsp3) is 0.714. The van der Waals surface area contributed by atoms with Gasteiger partial charge >= 0.3 is 0 Å². The lowest BCUT2D eigenvalue weighted by molar-refractivity contribution is 0.481. The highest BCUT2D eigenvalue weighted by molar-refractivity contribution is 7.85. The molecule has 0 aromatic rings. The first kappa shape index (κ1) is 10.5. The minimum absolute atomic E-state index is 0.189. The second kappa shape index (κ2) is 5.16. The minimum Gasteiger partial charge on any atom is -0.286 e. The molecule has 0 saturated carbocycles. The quantitative estimate of drug-likeness (QED) is 0.397. The van der Waals surface area contributed by atoms with E-state index in [4.69, 9.17) is 4.55 Å². The molecule has 0 aliphatic heterocycles. The van der Waals surface area contributed by atoms with Gasteiger partial charge < -0.3 is 0 Å². The zero-order chi connectivity index (χ0) is 8.74. The summed E-state index contributed by atoms with van der Waals surface area (Å²) < 4.78 is 28.6. The van der Waals surface area contributed by atoms with Gasteiger partial charge in [-0.3, -0.25) is 4.55 Å². The van der Waals surface area contributed by atoms with Crippen molar-refractivity contribution in [3.8, 4) is 11.8 Å². The summed E-state index contributed by atoms with van der Waals surface area (Å²) >= 11 is 0. The molecule has 1 N–H and O–H groups in total. The van der Waals surface area contributed by atoms with Crippen LogP contribution in [-0.2, 0) is 10.1 Å². The van der Waals surface area contributed by atoms with Crippen LogP contribution >= 0.6 is 0 Å². The maximum Gasteiger partial charge on any atom is 0.264 e. The third-order valence-corrected chi connectivity index (χ3v) is 1.81. The molecule has 0 aromatic heterocycles. The van der Waals surface area contributed by atoms with Gasteiger partial charge in [0.25, 0.3) is 10.1 Å². The van der Waals surface area contributed by atoms with Gasteiger partial charge in [-0.1, -0.05) is 6.92 Å². The van der Waals surface area contributed by atoms with Crippen LogP contribution in [0.2, 0.25) is 0 Å². The second-order valence-electron chi connectivity index (χ2n) is 2.10. The highest BCUT2D eigenvalue weighted by Crippen LogP contribution is 1.92. The molecule has 64 valence electrons. The van der Waals surface area contributed by atoms with Crippen molar-refractivity contribution in [1.82, 2.24) is 0 Å². The van der Waals surface area contributed by atoms with Crippen molar-refractivity contribution in [3.05, 3.63) is 0 Å². The van der Waals surface area contributed by atoms with E-state index < -0.39 is 10.1 Å². The van der Waals surface area contributed by atoms with Crippen LogP contribution in [0.3, 0.4) is 0 Å². The third kappa shape index (κ3) is 9.47. The van der Waals surface area contributed by atoms with Crippen LogP contribution in [0, 0.1) is 11.8 Å². The molecule has 0 aliphatic rings. The number of hydrogen-bond donors (Lipinski definition) is 1. The molecule has 0 amide bonds. The summed E-state index contributed by atoms with van der Waals surface area (Å²) in [6.07, 6.45) is 1.73. The normalized spacial score (nSPS) is 10.4. The van der Waals surface area contributed by atoms with Gasteiger partial charge in [0.2, 0.25) is 0 Å². The number of unbranched alkanes of at least 4 members (excludes halogenated alkanes) is 1. The molecule has 0 saturated heterocycles. The van der Waals surface area contributed by atoms with Crippen molar-refractivity contribution in [2.45, 2.75) is 26.2 Å². The fourth-order valence-corrected chi connectivity index (χ4v) is 1.07. The van der Waals surface area contributed by atoms with Gasteiger partial charge in [0.1, 0.15) is 0 Å². The maximum absolute atomic E-state index is 10.2. The highest BCUT2D eigenvalue weighted by atomic mass is 32.2. The third-order valence-electron chi connectivity index (χ3n) is 1.01. The lowest BCUT2D eigenvalue weighted by Crippen LogP contribution is -2.02. The molecule has 4 heteroatoms. The van der Waals surface area contributed by atoms with Crippen LogP contribution in [-0.4, -0.2) is 18.7 Å². The Morgan fingerprint density at radius 2 is 2.00 bits per heavy atom. The molecule has 0 atom stereocenters. The summed E-state index contributed by atoms with van der Waals surface area (Å²) in [6, 6.07) is 0. The van der Waals surface area contributed by atoms with Crippen LogP contribution in [0.1, 0.15) is 26.2 Å². The van der Waals surface area contributed by atoms with Gasteiger partial charge in [0.15, 0.2) is 0 Å². The molecule has 0 aliphatic carbocycles. The molecule has 3 nitrogen and oxygen atoms in total. The van der Waals surface area contributed by atoms with Crippen molar-refractivity contribution in [1.29, 1.82) is 0 Å². The van der Waals surface area contributed by atoms with E-state index in [2.05, 4.69) is 11.8 Å². The predicted octanol–water partition coefficient (Wildman–Crippen LogP) is 1.07. The first-order valence-corrected chi connectivity index (χ1v) is 5.08. The summed E-state index contributed by atoms with van der Waals surface area (Å²) in [5.74, 6) is 5.40. The Balaban J connectivity index is 3.44. The average Bonchev–Trinajstić information content (AvgIpc) is 1.85. The minimum atomic E-state index is -3.78. The molecule has 11 heavy (non-hydrogen) atoms. The second-order valence-corrected chi connectivity index (χ2v) is 3.67. The van der Waals surface area contributed by atoms with E-state index >= 15 is 0 Å². The van der Waals surface area contributed by atoms with Crippen molar-refractivity contribution >= 4 is 10.1 Å². The van der Waals surface area contributed by atoms with Gasteiger partial charge in [0, 0.05) is 12.8 Å². The molecule has 0 fully saturated rings. The average molecular weight is 176 g/mol. The number of rotatable bonds is 3. The van der Waals surface area contributed by atoms with E-state index in [1.807, 2.05) is 6.92 Å². The zero-order valence-corrected chi connectivity index (χ0v) is 7.32. The van der Waals surface area contributed by atoms with Crippen LogP contribution in [0.15, 0.2) is 0 Å². The van der Waals surface area contributed by atoms with Gasteiger partial charge in [-0.2, -0.15) is 8.42 Å². The first-order valence-electron chi connectivity index (χ1n) is 3.47. The smallest absolute Gasteiger partial charge is 0.264 e. The van der Waals surface area contributed by atoms with Crippen LogP contribution in [0.25, 0.3) is 0 Å². The zero-order valence-electron chi connectivity index (χ0n) is 6.50. The van der Waals surface area contributed by atoms with E-state index in [9.17, 15) is 8.42 Å². The SMILES string of the molecule is CCC#CCCCS(=O)(=O)O. The molecular formula is C7H12O3S. The summed E-state index contributed by atoms with van der Waals surface area (Å²) in [4.78, 5) is 0. The molecule has 0 spiro atoms. The van der Waals surface area contributed by atoms with E-state index in [-0.39, 0.29) is 5.75 Å². The summed E-state index contributed by atoms with van der Waals surface area (Å²) in [5.41, 5.74) is 0. The van der Waals surface area contributed by atoms with Crippen LogP contribution in [0.4, 0.5) is 0 Å².